The number of hydrogen-bond donors (Lipinski definition) is 2. The third-order valence-corrected chi connectivity index (χ3v) is 3.40. The molecule has 1 heterocycles. The van der Waals surface area contributed by atoms with Crippen LogP contribution < -0.4 is 10.1 Å². The van der Waals surface area contributed by atoms with Crippen LogP contribution in [0, 0.1) is 0 Å². The zero-order valence-electron chi connectivity index (χ0n) is 14.2. The largest absolute Gasteiger partial charge is 0.496 e. The second kappa shape index (κ2) is 9.05. The molecule has 1 amide bonds. The fourth-order valence-electron chi connectivity index (χ4n) is 2.12. The number of benzene rings is 1. The molecule has 0 spiro atoms. The molecule has 2 N–H and O–H groups in total. The minimum absolute atomic E-state index is 0.260. The highest BCUT2D eigenvalue weighted by Crippen LogP contribution is 2.29. The first-order valence-corrected chi connectivity index (χ1v) is 7.84. The summed E-state index contributed by atoms with van der Waals surface area (Å²) >= 11 is 0. The van der Waals surface area contributed by atoms with Crippen LogP contribution in [0.4, 0.5) is 5.82 Å². The summed E-state index contributed by atoms with van der Waals surface area (Å²) in [5.74, 6) is 0.900. The number of para-hydroxylation sites is 1. The van der Waals surface area contributed by atoms with Crippen LogP contribution in [0.3, 0.4) is 0 Å². The number of nitrogens with one attached hydrogen (secondary N) is 2. The molecule has 24 heavy (non-hydrogen) atoms. The Kier molecular flexibility index (Phi) is 6.77. The molecule has 7 nitrogen and oxygen atoms in total. The van der Waals surface area contributed by atoms with Crippen LogP contribution in [0.2, 0.25) is 0 Å². The summed E-state index contributed by atoms with van der Waals surface area (Å²) in [7, 11) is 1.61. The minimum atomic E-state index is -0.586. The lowest BCUT2D eigenvalue weighted by Crippen LogP contribution is -2.29. The van der Waals surface area contributed by atoms with Gasteiger partial charge in [0.1, 0.15) is 11.9 Å². The SMILES string of the molecule is CCOCCO[C@@H](C)C(=O)Nc1cc(-c2ccccc2OC)[nH]n1. The molecule has 0 bridgehead atoms. The minimum Gasteiger partial charge on any atom is -0.496 e. The molecule has 0 fully saturated rings. The fraction of sp³-hybridized carbons (Fsp3) is 0.412. The second-order valence-electron chi connectivity index (χ2n) is 5.07. The Labute approximate surface area is 141 Å². The Balaban J connectivity index is 1.94. The van der Waals surface area contributed by atoms with Gasteiger partial charge in [-0.05, 0) is 26.0 Å². The smallest absolute Gasteiger partial charge is 0.254 e. The van der Waals surface area contributed by atoms with E-state index in [1.54, 1.807) is 20.1 Å². The summed E-state index contributed by atoms with van der Waals surface area (Å²) in [5, 5.41) is 9.73. The quantitative estimate of drug-likeness (QED) is 0.689. The van der Waals surface area contributed by atoms with Gasteiger partial charge < -0.3 is 19.5 Å². The van der Waals surface area contributed by atoms with Crippen LogP contribution in [0.1, 0.15) is 13.8 Å². The first kappa shape index (κ1) is 18.0. The van der Waals surface area contributed by atoms with E-state index >= 15 is 0 Å². The predicted octanol–water partition coefficient (Wildman–Crippen LogP) is 2.47. The van der Waals surface area contributed by atoms with Crippen LogP contribution >= 0.6 is 0 Å². The van der Waals surface area contributed by atoms with Crippen molar-refractivity contribution in [1.29, 1.82) is 0 Å². The average Bonchev–Trinajstić information content (AvgIpc) is 3.06. The van der Waals surface area contributed by atoms with E-state index in [4.69, 9.17) is 14.2 Å². The number of aromatic amines is 1. The number of H-pyrrole nitrogens is 1. The highest BCUT2D eigenvalue weighted by molar-refractivity contribution is 5.93. The number of carbonyl (C=O) groups excluding carboxylic acids is 1. The number of rotatable bonds is 9. The topological polar surface area (TPSA) is 85.5 Å². The maximum Gasteiger partial charge on any atom is 0.254 e. The van der Waals surface area contributed by atoms with E-state index in [0.717, 1.165) is 17.0 Å². The van der Waals surface area contributed by atoms with Crippen molar-refractivity contribution in [3.8, 4) is 17.0 Å². The third-order valence-electron chi connectivity index (χ3n) is 3.40. The van der Waals surface area contributed by atoms with E-state index in [-0.39, 0.29) is 5.91 Å². The van der Waals surface area contributed by atoms with Gasteiger partial charge in [-0.3, -0.25) is 9.89 Å². The Bertz CT molecular complexity index is 657. The zero-order valence-corrected chi connectivity index (χ0v) is 14.2. The number of methoxy groups -OCH3 is 1. The number of carbonyl (C=O) groups is 1. The number of nitrogens with zero attached hydrogens (tertiary/aromatic N) is 1. The molecule has 0 aliphatic rings. The summed E-state index contributed by atoms with van der Waals surface area (Å²) in [6.07, 6.45) is -0.586. The van der Waals surface area contributed by atoms with Gasteiger partial charge in [-0.2, -0.15) is 5.10 Å². The monoisotopic (exact) mass is 333 g/mol. The Morgan fingerprint density at radius 3 is 2.88 bits per heavy atom. The van der Waals surface area contributed by atoms with Crippen molar-refractivity contribution in [2.45, 2.75) is 20.0 Å². The molecular formula is C17H23N3O4. The molecule has 1 atom stereocenters. The number of ether oxygens (including phenoxy) is 3. The first-order valence-electron chi connectivity index (χ1n) is 7.84. The highest BCUT2D eigenvalue weighted by Gasteiger charge is 2.16. The molecule has 2 aromatic rings. The normalized spacial score (nSPS) is 12.0. The lowest BCUT2D eigenvalue weighted by atomic mass is 10.1. The van der Waals surface area contributed by atoms with Gasteiger partial charge in [0.05, 0.1) is 26.0 Å². The number of aromatic nitrogens is 2. The molecule has 0 unspecified atom stereocenters. The number of amides is 1. The standard InChI is InChI=1S/C17H23N3O4/c1-4-23-9-10-24-12(2)17(21)18-16-11-14(19-20-16)13-7-5-6-8-15(13)22-3/h5-8,11-12H,4,9-10H2,1-3H3,(H2,18,19,20,21)/t12-/m0/s1. The number of hydrogen-bond acceptors (Lipinski definition) is 5. The van der Waals surface area contributed by atoms with Gasteiger partial charge >= 0.3 is 0 Å². The molecule has 1 aromatic carbocycles. The maximum atomic E-state index is 12.1. The van der Waals surface area contributed by atoms with E-state index < -0.39 is 6.10 Å². The molecule has 130 valence electrons. The fourth-order valence-corrected chi connectivity index (χ4v) is 2.12. The van der Waals surface area contributed by atoms with E-state index in [1.165, 1.54) is 0 Å². The first-order chi connectivity index (χ1) is 11.7. The van der Waals surface area contributed by atoms with Gasteiger partial charge in [0, 0.05) is 18.2 Å². The van der Waals surface area contributed by atoms with Crippen LogP contribution in [0.5, 0.6) is 5.75 Å². The average molecular weight is 333 g/mol. The van der Waals surface area contributed by atoms with Crippen molar-refractivity contribution in [3.05, 3.63) is 30.3 Å². The molecule has 1 aromatic heterocycles. The van der Waals surface area contributed by atoms with E-state index in [2.05, 4.69) is 15.5 Å². The van der Waals surface area contributed by atoms with E-state index in [0.29, 0.717) is 25.6 Å². The van der Waals surface area contributed by atoms with Crippen LogP contribution in [0.25, 0.3) is 11.3 Å². The van der Waals surface area contributed by atoms with E-state index in [9.17, 15) is 4.79 Å². The molecule has 0 aliphatic heterocycles. The molecular weight excluding hydrogens is 310 g/mol. The van der Waals surface area contributed by atoms with Crippen LogP contribution in [-0.4, -0.2) is 49.1 Å². The molecule has 0 aliphatic carbocycles. The van der Waals surface area contributed by atoms with Gasteiger partial charge in [0.2, 0.25) is 0 Å². The van der Waals surface area contributed by atoms with Crippen LogP contribution in [-0.2, 0) is 14.3 Å². The summed E-state index contributed by atoms with van der Waals surface area (Å²) in [6.45, 7) is 5.06. The Hall–Kier alpha value is -2.38. The summed E-state index contributed by atoms with van der Waals surface area (Å²) < 4.78 is 15.9. The summed E-state index contributed by atoms with van der Waals surface area (Å²) in [5.41, 5.74) is 1.63. The molecule has 0 radical (unpaired) electrons. The zero-order chi connectivity index (χ0) is 17.4. The second-order valence-corrected chi connectivity index (χ2v) is 5.07. The predicted molar refractivity (Wildman–Crippen MR) is 91.1 cm³/mol. The third kappa shape index (κ3) is 4.81. The summed E-state index contributed by atoms with van der Waals surface area (Å²) in [4.78, 5) is 12.1. The molecule has 2 rings (SSSR count). The lowest BCUT2D eigenvalue weighted by Gasteiger charge is -2.12. The van der Waals surface area contributed by atoms with Gasteiger partial charge in [-0.1, -0.05) is 12.1 Å². The molecule has 0 saturated heterocycles. The van der Waals surface area contributed by atoms with Crippen molar-refractivity contribution < 1.29 is 19.0 Å². The van der Waals surface area contributed by atoms with Gasteiger partial charge in [-0.25, -0.2) is 0 Å². The molecule has 7 heteroatoms. The van der Waals surface area contributed by atoms with Crippen molar-refractivity contribution in [1.82, 2.24) is 10.2 Å². The Morgan fingerprint density at radius 2 is 2.12 bits per heavy atom. The molecule has 0 saturated carbocycles. The van der Waals surface area contributed by atoms with Crippen molar-refractivity contribution >= 4 is 11.7 Å². The Morgan fingerprint density at radius 1 is 1.33 bits per heavy atom. The van der Waals surface area contributed by atoms with Gasteiger partial charge in [-0.15, -0.1) is 0 Å². The van der Waals surface area contributed by atoms with Gasteiger partial charge in [0.15, 0.2) is 5.82 Å². The summed E-state index contributed by atoms with van der Waals surface area (Å²) in [6, 6.07) is 9.33. The van der Waals surface area contributed by atoms with Crippen molar-refractivity contribution in [2.75, 3.05) is 32.2 Å². The maximum absolute atomic E-state index is 12.1. The van der Waals surface area contributed by atoms with E-state index in [1.807, 2.05) is 31.2 Å². The number of anilines is 1. The van der Waals surface area contributed by atoms with Crippen molar-refractivity contribution in [2.24, 2.45) is 0 Å². The highest BCUT2D eigenvalue weighted by atomic mass is 16.5. The lowest BCUT2D eigenvalue weighted by molar-refractivity contribution is -0.127. The van der Waals surface area contributed by atoms with Crippen LogP contribution in [0.15, 0.2) is 30.3 Å². The van der Waals surface area contributed by atoms with Gasteiger partial charge in [0.25, 0.3) is 5.91 Å². The van der Waals surface area contributed by atoms with Crippen molar-refractivity contribution in [3.63, 3.8) is 0 Å².